The molecule has 3 aromatic rings. The van der Waals surface area contributed by atoms with E-state index in [4.69, 9.17) is 25.8 Å². The van der Waals surface area contributed by atoms with E-state index in [1.54, 1.807) is 35.2 Å². The molecule has 7 nitrogen and oxygen atoms in total. The van der Waals surface area contributed by atoms with E-state index < -0.39 is 0 Å². The van der Waals surface area contributed by atoms with E-state index in [1.807, 2.05) is 30.3 Å². The Kier molecular flexibility index (Phi) is 7.23. The number of ether oxygens (including phenoxy) is 3. The van der Waals surface area contributed by atoms with Crippen LogP contribution in [0.3, 0.4) is 0 Å². The zero-order valence-electron chi connectivity index (χ0n) is 19.0. The van der Waals surface area contributed by atoms with Crippen molar-refractivity contribution in [3.8, 4) is 17.2 Å². The molecule has 2 amide bonds. The van der Waals surface area contributed by atoms with Gasteiger partial charge in [-0.1, -0.05) is 41.9 Å². The van der Waals surface area contributed by atoms with Gasteiger partial charge >= 0.3 is 0 Å². The molecule has 0 unspecified atom stereocenters. The summed E-state index contributed by atoms with van der Waals surface area (Å²) in [6.45, 7) is 0.964. The summed E-state index contributed by atoms with van der Waals surface area (Å²) in [6, 6.07) is 18.0. The zero-order valence-corrected chi connectivity index (χ0v) is 19.7. The van der Waals surface area contributed by atoms with Crippen LogP contribution in [-0.4, -0.2) is 32.6 Å². The van der Waals surface area contributed by atoms with Crippen LogP contribution in [0.15, 0.2) is 60.7 Å². The van der Waals surface area contributed by atoms with Crippen LogP contribution in [-0.2, 0) is 11.4 Å². The van der Waals surface area contributed by atoms with Gasteiger partial charge in [0.25, 0.3) is 5.91 Å². The third-order valence-corrected chi connectivity index (χ3v) is 5.82. The minimum absolute atomic E-state index is 0.0486. The average Bonchev–Trinajstić information content (AvgIpc) is 3.28. The molecule has 0 saturated carbocycles. The molecular formula is C26H25ClN2O5. The van der Waals surface area contributed by atoms with Crippen molar-refractivity contribution in [3.63, 3.8) is 0 Å². The molecule has 0 aliphatic carbocycles. The fourth-order valence-corrected chi connectivity index (χ4v) is 4.08. The van der Waals surface area contributed by atoms with Crippen molar-refractivity contribution in [1.29, 1.82) is 0 Å². The van der Waals surface area contributed by atoms with Crippen LogP contribution in [0, 0.1) is 0 Å². The Morgan fingerprint density at radius 1 is 1.03 bits per heavy atom. The van der Waals surface area contributed by atoms with Gasteiger partial charge in [-0.15, -0.1) is 0 Å². The molecule has 0 radical (unpaired) electrons. The van der Waals surface area contributed by atoms with E-state index >= 15 is 0 Å². The second kappa shape index (κ2) is 10.5. The molecule has 0 spiro atoms. The number of benzene rings is 3. The van der Waals surface area contributed by atoms with Gasteiger partial charge in [-0.05, 0) is 42.3 Å². The van der Waals surface area contributed by atoms with Gasteiger partial charge in [-0.3, -0.25) is 9.59 Å². The Morgan fingerprint density at radius 3 is 2.32 bits per heavy atom. The highest BCUT2D eigenvalue weighted by Gasteiger charge is 2.24. The van der Waals surface area contributed by atoms with Crippen molar-refractivity contribution >= 4 is 34.8 Å². The first-order valence-corrected chi connectivity index (χ1v) is 11.2. The summed E-state index contributed by atoms with van der Waals surface area (Å²) < 4.78 is 16.9. The minimum Gasteiger partial charge on any atom is -0.493 e. The monoisotopic (exact) mass is 480 g/mol. The number of nitrogens with zero attached hydrogens (tertiary/aromatic N) is 1. The summed E-state index contributed by atoms with van der Waals surface area (Å²) in [4.78, 5) is 26.7. The molecule has 1 aliphatic heterocycles. The molecule has 1 heterocycles. The van der Waals surface area contributed by atoms with E-state index in [2.05, 4.69) is 5.32 Å². The maximum absolute atomic E-state index is 13.0. The fourth-order valence-electron chi connectivity index (χ4n) is 3.79. The molecule has 4 rings (SSSR count). The van der Waals surface area contributed by atoms with E-state index in [9.17, 15) is 9.59 Å². The summed E-state index contributed by atoms with van der Waals surface area (Å²) in [7, 11) is 3.01. The Hall–Kier alpha value is -3.71. The molecule has 0 aromatic heterocycles. The number of hydrogen-bond acceptors (Lipinski definition) is 5. The lowest BCUT2D eigenvalue weighted by molar-refractivity contribution is -0.117. The lowest BCUT2D eigenvalue weighted by Gasteiger charge is -2.18. The van der Waals surface area contributed by atoms with Gasteiger partial charge in [0.05, 0.1) is 24.9 Å². The fraction of sp³-hybridized carbons (Fsp3) is 0.231. The van der Waals surface area contributed by atoms with Crippen LogP contribution < -0.4 is 24.4 Å². The highest BCUT2D eigenvalue weighted by atomic mass is 35.5. The maximum atomic E-state index is 13.0. The van der Waals surface area contributed by atoms with Gasteiger partial charge in [0, 0.05) is 24.2 Å². The van der Waals surface area contributed by atoms with Crippen molar-refractivity contribution in [2.45, 2.75) is 19.4 Å². The first-order chi connectivity index (χ1) is 16.5. The van der Waals surface area contributed by atoms with Crippen LogP contribution in [0.4, 0.5) is 11.4 Å². The largest absolute Gasteiger partial charge is 0.493 e. The predicted molar refractivity (Wildman–Crippen MR) is 131 cm³/mol. The standard InChI is InChI=1S/C26H25ClN2O5/c1-32-22-13-18(14-23(33-2)25(22)34-16-17-7-4-3-5-8-17)26(31)28-19-10-11-21(20(27)15-19)29-12-6-9-24(29)30/h3-5,7-8,10-11,13-15H,6,9,12,16H2,1-2H3,(H,28,31). The van der Waals surface area contributed by atoms with Gasteiger partial charge in [-0.2, -0.15) is 0 Å². The molecule has 1 fully saturated rings. The molecule has 176 valence electrons. The summed E-state index contributed by atoms with van der Waals surface area (Å²) in [5.74, 6) is 0.843. The Morgan fingerprint density at radius 2 is 1.74 bits per heavy atom. The normalized spacial score (nSPS) is 13.0. The topological polar surface area (TPSA) is 77.1 Å². The third kappa shape index (κ3) is 5.10. The maximum Gasteiger partial charge on any atom is 0.255 e. The SMILES string of the molecule is COc1cc(C(=O)Nc2ccc(N3CCCC3=O)c(Cl)c2)cc(OC)c1OCc1ccccc1. The number of nitrogens with one attached hydrogen (secondary N) is 1. The minimum atomic E-state index is -0.368. The summed E-state index contributed by atoms with van der Waals surface area (Å²) in [5, 5.41) is 3.23. The van der Waals surface area contributed by atoms with Crippen molar-refractivity contribution in [2.75, 3.05) is 31.0 Å². The lowest BCUT2D eigenvalue weighted by Crippen LogP contribution is -2.24. The number of hydrogen-bond donors (Lipinski definition) is 1. The second-order valence-corrected chi connectivity index (χ2v) is 8.16. The van der Waals surface area contributed by atoms with Crippen LogP contribution in [0.25, 0.3) is 0 Å². The van der Waals surface area contributed by atoms with E-state index in [-0.39, 0.29) is 11.8 Å². The predicted octanol–water partition coefficient (Wildman–Crippen LogP) is 5.32. The van der Waals surface area contributed by atoms with Crippen LogP contribution in [0.1, 0.15) is 28.8 Å². The van der Waals surface area contributed by atoms with E-state index in [0.717, 1.165) is 12.0 Å². The van der Waals surface area contributed by atoms with Crippen LogP contribution >= 0.6 is 11.6 Å². The zero-order chi connectivity index (χ0) is 24.1. The quantitative estimate of drug-likeness (QED) is 0.472. The first-order valence-electron chi connectivity index (χ1n) is 10.8. The van der Waals surface area contributed by atoms with Gasteiger partial charge in [-0.25, -0.2) is 0 Å². The molecule has 34 heavy (non-hydrogen) atoms. The van der Waals surface area contributed by atoms with E-state index in [0.29, 0.717) is 58.8 Å². The molecule has 1 aliphatic rings. The number of rotatable bonds is 8. The number of carbonyl (C=O) groups is 2. The number of methoxy groups -OCH3 is 2. The molecule has 1 N–H and O–H groups in total. The number of carbonyl (C=O) groups excluding carboxylic acids is 2. The molecule has 0 bridgehead atoms. The summed E-state index contributed by atoms with van der Waals surface area (Å²) in [5.41, 5.74) is 2.47. The second-order valence-electron chi connectivity index (χ2n) is 7.75. The number of halogens is 1. The van der Waals surface area contributed by atoms with Gasteiger partial charge < -0.3 is 24.4 Å². The van der Waals surface area contributed by atoms with Crippen LogP contribution in [0.2, 0.25) is 5.02 Å². The third-order valence-electron chi connectivity index (χ3n) is 5.52. The lowest BCUT2D eigenvalue weighted by atomic mass is 10.1. The molecule has 0 atom stereocenters. The Balaban J connectivity index is 1.52. The van der Waals surface area contributed by atoms with Crippen molar-refractivity contribution in [3.05, 3.63) is 76.8 Å². The van der Waals surface area contributed by atoms with Gasteiger partial charge in [0.2, 0.25) is 11.7 Å². The molecule has 8 heteroatoms. The average molecular weight is 481 g/mol. The highest BCUT2D eigenvalue weighted by molar-refractivity contribution is 6.34. The number of anilines is 2. The number of amides is 2. The van der Waals surface area contributed by atoms with E-state index in [1.165, 1.54) is 14.2 Å². The Bertz CT molecular complexity index is 1170. The molecule has 1 saturated heterocycles. The van der Waals surface area contributed by atoms with Gasteiger partial charge in [0.1, 0.15) is 6.61 Å². The van der Waals surface area contributed by atoms with Crippen molar-refractivity contribution < 1.29 is 23.8 Å². The first kappa shape index (κ1) is 23.4. The summed E-state index contributed by atoms with van der Waals surface area (Å²) in [6.07, 6.45) is 1.33. The molecule has 3 aromatic carbocycles. The Labute approximate surface area is 203 Å². The van der Waals surface area contributed by atoms with Crippen molar-refractivity contribution in [2.24, 2.45) is 0 Å². The molecular weight excluding hydrogens is 456 g/mol. The summed E-state index contributed by atoms with van der Waals surface area (Å²) >= 11 is 6.40. The van der Waals surface area contributed by atoms with Crippen molar-refractivity contribution in [1.82, 2.24) is 0 Å². The van der Waals surface area contributed by atoms with Crippen LogP contribution in [0.5, 0.6) is 17.2 Å². The van der Waals surface area contributed by atoms with Gasteiger partial charge in [0.15, 0.2) is 11.5 Å². The highest BCUT2D eigenvalue weighted by Crippen LogP contribution is 2.39. The smallest absolute Gasteiger partial charge is 0.255 e.